The number of carbonyl (C=O) groups excluding carboxylic acids is 1. The summed E-state index contributed by atoms with van der Waals surface area (Å²) in [6.07, 6.45) is 0. The van der Waals surface area contributed by atoms with Gasteiger partial charge in [-0.15, -0.1) is 0 Å². The van der Waals surface area contributed by atoms with Gasteiger partial charge in [-0.3, -0.25) is 4.79 Å². The molecule has 134 valence electrons. The van der Waals surface area contributed by atoms with E-state index in [0.717, 1.165) is 10.9 Å². The molecule has 0 amide bonds. The van der Waals surface area contributed by atoms with Gasteiger partial charge in [0.25, 0.3) is 0 Å². The fourth-order valence-electron chi connectivity index (χ4n) is 2.74. The van der Waals surface area contributed by atoms with Crippen molar-refractivity contribution in [1.29, 1.82) is 0 Å². The van der Waals surface area contributed by atoms with Crippen molar-refractivity contribution >= 4 is 16.7 Å². The number of hydrogen-bond donors (Lipinski definition) is 0. The van der Waals surface area contributed by atoms with E-state index in [-0.39, 0.29) is 5.78 Å². The molecular weight excluding hydrogens is 334 g/mol. The molecule has 1 aromatic heterocycles. The van der Waals surface area contributed by atoms with Crippen LogP contribution in [0.4, 0.5) is 0 Å². The third-order valence-corrected chi connectivity index (χ3v) is 4.06. The SMILES string of the molecule is COc1ccc2cc(C(=O)c3cc(OC)c(OC)c(OC)c3)ccc2n1. The standard InChI is InChI=1S/C20H19NO5/c1-23-16-10-14(11-17(24-2)20(16)26-4)19(22)13-5-7-15-12(9-13)6-8-18(21-15)25-3/h5-11H,1-4H3. The molecule has 0 atom stereocenters. The summed E-state index contributed by atoms with van der Waals surface area (Å²) in [5.41, 5.74) is 1.74. The maximum Gasteiger partial charge on any atom is 0.213 e. The highest BCUT2D eigenvalue weighted by Crippen LogP contribution is 2.38. The fourth-order valence-corrected chi connectivity index (χ4v) is 2.74. The normalized spacial score (nSPS) is 10.5. The molecule has 0 N–H and O–H groups in total. The Morgan fingerprint density at radius 3 is 2.04 bits per heavy atom. The van der Waals surface area contributed by atoms with Crippen molar-refractivity contribution in [2.45, 2.75) is 0 Å². The Kier molecular flexibility index (Phi) is 4.93. The Labute approximate surface area is 151 Å². The van der Waals surface area contributed by atoms with Crippen LogP contribution in [0, 0.1) is 0 Å². The summed E-state index contributed by atoms with van der Waals surface area (Å²) in [5, 5.41) is 0.851. The second kappa shape index (κ2) is 7.31. The van der Waals surface area contributed by atoms with E-state index in [9.17, 15) is 4.79 Å². The van der Waals surface area contributed by atoms with Crippen molar-refractivity contribution in [1.82, 2.24) is 4.98 Å². The van der Waals surface area contributed by atoms with Gasteiger partial charge < -0.3 is 18.9 Å². The van der Waals surface area contributed by atoms with Crippen LogP contribution in [0.25, 0.3) is 10.9 Å². The number of aromatic nitrogens is 1. The number of rotatable bonds is 6. The molecule has 0 saturated carbocycles. The van der Waals surface area contributed by atoms with Crippen LogP contribution in [-0.4, -0.2) is 39.2 Å². The predicted molar refractivity (Wildman–Crippen MR) is 97.8 cm³/mol. The van der Waals surface area contributed by atoms with Crippen LogP contribution in [0.5, 0.6) is 23.1 Å². The van der Waals surface area contributed by atoms with Crippen LogP contribution in [0.15, 0.2) is 42.5 Å². The lowest BCUT2D eigenvalue weighted by Crippen LogP contribution is -2.04. The average Bonchev–Trinajstić information content (AvgIpc) is 2.71. The van der Waals surface area contributed by atoms with Crippen molar-refractivity contribution in [2.75, 3.05) is 28.4 Å². The van der Waals surface area contributed by atoms with Gasteiger partial charge >= 0.3 is 0 Å². The predicted octanol–water partition coefficient (Wildman–Crippen LogP) is 3.50. The smallest absolute Gasteiger partial charge is 0.213 e. The first-order valence-electron chi connectivity index (χ1n) is 7.90. The van der Waals surface area contributed by atoms with Crippen molar-refractivity contribution in [3.8, 4) is 23.1 Å². The summed E-state index contributed by atoms with van der Waals surface area (Å²) in [6.45, 7) is 0. The minimum atomic E-state index is -0.151. The maximum atomic E-state index is 13.0. The van der Waals surface area contributed by atoms with Crippen molar-refractivity contribution in [2.24, 2.45) is 0 Å². The largest absolute Gasteiger partial charge is 0.493 e. The highest BCUT2D eigenvalue weighted by Gasteiger charge is 2.18. The minimum absolute atomic E-state index is 0.151. The van der Waals surface area contributed by atoms with Gasteiger partial charge in [-0.25, -0.2) is 4.98 Å². The summed E-state index contributed by atoms with van der Waals surface area (Å²) >= 11 is 0. The monoisotopic (exact) mass is 353 g/mol. The first kappa shape index (κ1) is 17.5. The number of methoxy groups -OCH3 is 4. The highest BCUT2D eigenvalue weighted by atomic mass is 16.5. The topological polar surface area (TPSA) is 66.9 Å². The molecule has 0 aliphatic rings. The zero-order chi connectivity index (χ0) is 18.7. The summed E-state index contributed by atoms with van der Waals surface area (Å²) < 4.78 is 21.1. The summed E-state index contributed by atoms with van der Waals surface area (Å²) in [5.74, 6) is 1.69. The Bertz CT molecular complexity index is 943. The molecule has 3 aromatic rings. The lowest BCUT2D eigenvalue weighted by Gasteiger charge is -2.14. The zero-order valence-corrected chi connectivity index (χ0v) is 15.0. The van der Waals surface area contributed by atoms with Crippen molar-refractivity contribution in [3.63, 3.8) is 0 Å². The van der Waals surface area contributed by atoms with E-state index in [2.05, 4.69) is 4.98 Å². The zero-order valence-electron chi connectivity index (χ0n) is 15.0. The first-order chi connectivity index (χ1) is 12.6. The maximum absolute atomic E-state index is 13.0. The van der Waals surface area contributed by atoms with Crippen molar-refractivity contribution < 1.29 is 23.7 Å². The van der Waals surface area contributed by atoms with E-state index < -0.39 is 0 Å². The van der Waals surface area contributed by atoms with Gasteiger partial charge in [-0.1, -0.05) is 0 Å². The molecule has 3 rings (SSSR count). The van der Waals surface area contributed by atoms with E-state index in [1.54, 1.807) is 43.5 Å². The number of hydrogen-bond acceptors (Lipinski definition) is 6. The third kappa shape index (κ3) is 3.13. The second-order valence-electron chi connectivity index (χ2n) is 5.50. The van der Waals surface area contributed by atoms with Gasteiger partial charge in [0.15, 0.2) is 17.3 Å². The van der Waals surface area contributed by atoms with Gasteiger partial charge in [0, 0.05) is 22.6 Å². The molecule has 0 fully saturated rings. The number of fused-ring (bicyclic) bond motifs is 1. The molecule has 1 heterocycles. The minimum Gasteiger partial charge on any atom is -0.493 e. The molecular formula is C20H19NO5. The molecule has 0 spiro atoms. The van der Waals surface area contributed by atoms with Crippen LogP contribution < -0.4 is 18.9 Å². The van der Waals surface area contributed by atoms with Crippen LogP contribution in [0.3, 0.4) is 0 Å². The summed E-state index contributed by atoms with van der Waals surface area (Å²) in [7, 11) is 6.12. The average molecular weight is 353 g/mol. The number of ether oxygens (including phenoxy) is 4. The quantitative estimate of drug-likeness (QED) is 0.632. The highest BCUT2D eigenvalue weighted by molar-refractivity contribution is 6.11. The number of carbonyl (C=O) groups is 1. The number of nitrogens with zero attached hydrogens (tertiary/aromatic N) is 1. The summed E-state index contributed by atoms with van der Waals surface area (Å²) in [6, 6.07) is 12.2. The number of benzene rings is 2. The van der Waals surface area contributed by atoms with E-state index in [4.69, 9.17) is 18.9 Å². The molecule has 6 nitrogen and oxygen atoms in total. The Morgan fingerprint density at radius 2 is 1.46 bits per heavy atom. The summed E-state index contributed by atoms with van der Waals surface area (Å²) in [4.78, 5) is 17.3. The molecule has 26 heavy (non-hydrogen) atoms. The van der Waals surface area contributed by atoms with Crippen LogP contribution in [0.2, 0.25) is 0 Å². The Morgan fingerprint density at radius 1 is 0.769 bits per heavy atom. The molecule has 0 aliphatic carbocycles. The van der Waals surface area contributed by atoms with Gasteiger partial charge in [0.05, 0.1) is 34.0 Å². The van der Waals surface area contributed by atoms with Crippen LogP contribution >= 0.6 is 0 Å². The van der Waals surface area contributed by atoms with Gasteiger partial charge in [0.1, 0.15) is 0 Å². The molecule has 0 aliphatic heterocycles. The van der Waals surface area contributed by atoms with Gasteiger partial charge in [-0.2, -0.15) is 0 Å². The second-order valence-corrected chi connectivity index (χ2v) is 5.50. The van der Waals surface area contributed by atoms with E-state index >= 15 is 0 Å². The van der Waals surface area contributed by atoms with Gasteiger partial charge in [0.2, 0.25) is 11.6 Å². The van der Waals surface area contributed by atoms with E-state index in [1.165, 1.54) is 21.3 Å². The lowest BCUT2D eigenvalue weighted by atomic mass is 10.0. The molecule has 0 bridgehead atoms. The third-order valence-electron chi connectivity index (χ3n) is 4.06. The van der Waals surface area contributed by atoms with E-state index in [0.29, 0.717) is 34.3 Å². The van der Waals surface area contributed by atoms with Crippen molar-refractivity contribution in [3.05, 3.63) is 53.6 Å². The molecule has 6 heteroatoms. The van der Waals surface area contributed by atoms with Gasteiger partial charge in [-0.05, 0) is 36.4 Å². The first-order valence-corrected chi connectivity index (χ1v) is 7.90. The fraction of sp³-hybridized carbons (Fsp3) is 0.200. The molecule has 0 radical (unpaired) electrons. The van der Waals surface area contributed by atoms with Crippen LogP contribution in [-0.2, 0) is 0 Å². The number of pyridine rings is 1. The number of ketones is 1. The molecule has 0 unspecified atom stereocenters. The lowest BCUT2D eigenvalue weighted by molar-refractivity contribution is 0.103. The molecule has 0 saturated heterocycles. The van der Waals surface area contributed by atoms with Crippen LogP contribution in [0.1, 0.15) is 15.9 Å². The van der Waals surface area contributed by atoms with E-state index in [1.807, 2.05) is 6.07 Å². The molecule has 2 aromatic carbocycles. The Balaban J connectivity index is 2.05. The Hall–Kier alpha value is -3.28.